The first kappa shape index (κ1) is 8.52. The van der Waals surface area contributed by atoms with E-state index >= 15 is 0 Å². The molecule has 70 valence electrons. The molecule has 0 saturated heterocycles. The summed E-state index contributed by atoms with van der Waals surface area (Å²) < 4.78 is 0. The third-order valence-electron chi connectivity index (χ3n) is 3.72. The van der Waals surface area contributed by atoms with E-state index in [9.17, 15) is 0 Å². The molecule has 2 saturated carbocycles. The molecule has 1 unspecified atom stereocenters. The molecule has 0 aliphatic heterocycles. The average molecular weight is 169 g/mol. The molecular formula is C10H19NO. The van der Waals surface area contributed by atoms with Crippen molar-refractivity contribution in [3.05, 3.63) is 0 Å². The molecule has 0 amide bonds. The van der Waals surface area contributed by atoms with Crippen LogP contribution in [0.15, 0.2) is 0 Å². The van der Waals surface area contributed by atoms with Gasteiger partial charge >= 0.3 is 0 Å². The third-order valence-corrected chi connectivity index (χ3v) is 3.72. The topological polar surface area (TPSA) is 32.3 Å². The smallest absolute Gasteiger partial charge is 0.0322 e. The maximum Gasteiger partial charge on any atom is 0.0322 e. The zero-order valence-electron chi connectivity index (χ0n) is 7.63. The zero-order chi connectivity index (χ0) is 8.39. The van der Waals surface area contributed by atoms with Crippen LogP contribution in [0.25, 0.3) is 0 Å². The maximum atomic E-state index is 8.83. The summed E-state index contributed by atoms with van der Waals surface area (Å²) >= 11 is 0. The van der Waals surface area contributed by atoms with Crippen LogP contribution in [0.1, 0.15) is 44.9 Å². The first-order valence-electron chi connectivity index (χ1n) is 5.30. The quantitative estimate of drug-likeness (QED) is 0.590. The summed E-state index contributed by atoms with van der Waals surface area (Å²) in [6.45, 7) is 0. The van der Waals surface area contributed by atoms with Crippen LogP contribution in [0.5, 0.6) is 0 Å². The van der Waals surface area contributed by atoms with E-state index in [0.29, 0.717) is 6.04 Å². The van der Waals surface area contributed by atoms with Crippen LogP contribution in [-0.4, -0.2) is 11.2 Å². The normalized spacial score (nSPS) is 42.2. The van der Waals surface area contributed by atoms with Gasteiger partial charge in [-0.3, -0.25) is 0 Å². The van der Waals surface area contributed by atoms with Crippen molar-refractivity contribution in [1.29, 1.82) is 0 Å². The van der Waals surface area contributed by atoms with Crippen LogP contribution in [0, 0.1) is 11.8 Å². The molecule has 0 spiro atoms. The summed E-state index contributed by atoms with van der Waals surface area (Å²) in [7, 11) is 0. The van der Waals surface area contributed by atoms with Crippen molar-refractivity contribution in [1.82, 2.24) is 5.48 Å². The Balaban J connectivity index is 1.90. The van der Waals surface area contributed by atoms with Gasteiger partial charge in [-0.2, -0.15) is 0 Å². The second-order valence-electron chi connectivity index (χ2n) is 4.44. The van der Waals surface area contributed by atoms with Gasteiger partial charge in [0.05, 0.1) is 0 Å². The monoisotopic (exact) mass is 169 g/mol. The molecule has 3 atom stereocenters. The van der Waals surface area contributed by atoms with Crippen LogP contribution in [0.3, 0.4) is 0 Å². The third kappa shape index (κ3) is 1.64. The van der Waals surface area contributed by atoms with Crippen LogP contribution in [-0.2, 0) is 0 Å². The summed E-state index contributed by atoms with van der Waals surface area (Å²) in [6.07, 6.45) is 9.44. The Morgan fingerprint density at radius 1 is 0.917 bits per heavy atom. The lowest BCUT2D eigenvalue weighted by Gasteiger charge is -2.38. The van der Waals surface area contributed by atoms with Gasteiger partial charge in [0.1, 0.15) is 0 Å². The molecular weight excluding hydrogens is 150 g/mol. The fraction of sp³-hybridized carbons (Fsp3) is 1.00. The van der Waals surface area contributed by atoms with E-state index in [4.69, 9.17) is 5.21 Å². The van der Waals surface area contributed by atoms with Crippen LogP contribution in [0.4, 0.5) is 0 Å². The molecule has 2 aliphatic rings. The summed E-state index contributed by atoms with van der Waals surface area (Å²) in [5, 5.41) is 8.83. The Labute approximate surface area is 74.3 Å². The lowest BCUT2D eigenvalue weighted by molar-refractivity contribution is 0.0599. The van der Waals surface area contributed by atoms with E-state index in [1.54, 1.807) is 0 Å². The fourth-order valence-electron chi connectivity index (χ4n) is 2.99. The van der Waals surface area contributed by atoms with Gasteiger partial charge in [-0.15, -0.1) is 0 Å². The van der Waals surface area contributed by atoms with Crippen molar-refractivity contribution in [2.45, 2.75) is 51.0 Å². The standard InChI is InChI=1S/C10H19NO/c12-11-10-6-5-8-3-1-2-4-9(8)7-10/h8-12H,1-7H2/t8-,9-,10?/m1/s1. The Bertz CT molecular complexity index is 149. The largest absolute Gasteiger partial charge is 0.317 e. The van der Waals surface area contributed by atoms with E-state index in [0.717, 1.165) is 11.8 Å². The highest BCUT2D eigenvalue weighted by Gasteiger charge is 2.31. The number of nitrogens with one attached hydrogen (secondary N) is 1. The lowest BCUT2D eigenvalue weighted by atomic mass is 9.69. The molecule has 0 heterocycles. The molecule has 0 radical (unpaired) electrons. The molecule has 0 aromatic heterocycles. The first-order chi connectivity index (χ1) is 5.90. The zero-order valence-corrected chi connectivity index (χ0v) is 7.63. The van der Waals surface area contributed by atoms with Gasteiger partial charge in [0, 0.05) is 6.04 Å². The highest BCUT2D eigenvalue weighted by Crippen LogP contribution is 2.40. The van der Waals surface area contributed by atoms with E-state index in [2.05, 4.69) is 5.48 Å². The second kappa shape index (κ2) is 3.75. The molecule has 0 bridgehead atoms. The Morgan fingerprint density at radius 3 is 2.42 bits per heavy atom. The van der Waals surface area contributed by atoms with Crippen molar-refractivity contribution in [2.24, 2.45) is 11.8 Å². The molecule has 12 heavy (non-hydrogen) atoms. The van der Waals surface area contributed by atoms with Gasteiger partial charge in [-0.05, 0) is 31.1 Å². The summed E-state index contributed by atoms with van der Waals surface area (Å²) in [4.78, 5) is 0. The fourth-order valence-corrected chi connectivity index (χ4v) is 2.99. The Hall–Kier alpha value is -0.0800. The summed E-state index contributed by atoms with van der Waals surface area (Å²) in [5.74, 6) is 1.90. The minimum absolute atomic E-state index is 0.393. The molecule has 2 N–H and O–H groups in total. The highest BCUT2D eigenvalue weighted by molar-refractivity contribution is 4.84. The molecule has 2 rings (SSSR count). The lowest BCUT2D eigenvalue weighted by Crippen LogP contribution is -2.37. The van der Waals surface area contributed by atoms with Gasteiger partial charge in [0.15, 0.2) is 0 Å². The molecule has 2 aliphatic carbocycles. The summed E-state index contributed by atoms with van der Waals surface area (Å²) in [5.41, 5.74) is 2.44. The molecule has 2 heteroatoms. The average Bonchev–Trinajstić information content (AvgIpc) is 2.17. The molecule has 2 nitrogen and oxygen atoms in total. The maximum absolute atomic E-state index is 8.83. The predicted octanol–water partition coefficient (Wildman–Crippen LogP) is 2.32. The number of rotatable bonds is 1. The number of hydroxylamine groups is 1. The van der Waals surface area contributed by atoms with E-state index < -0.39 is 0 Å². The second-order valence-corrected chi connectivity index (χ2v) is 4.44. The van der Waals surface area contributed by atoms with Crippen molar-refractivity contribution in [3.63, 3.8) is 0 Å². The molecule has 2 fully saturated rings. The summed E-state index contributed by atoms with van der Waals surface area (Å²) in [6, 6.07) is 0.393. The van der Waals surface area contributed by atoms with Crippen molar-refractivity contribution < 1.29 is 5.21 Å². The predicted molar refractivity (Wildman–Crippen MR) is 48.0 cm³/mol. The van der Waals surface area contributed by atoms with Crippen molar-refractivity contribution >= 4 is 0 Å². The molecule has 0 aromatic carbocycles. The van der Waals surface area contributed by atoms with Crippen molar-refractivity contribution in [3.8, 4) is 0 Å². The number of fused-ring (bicyclic) bond motifs is 1. The van der Waals surface area contributed by atoms with Gasteiger partial charge in [-0.25, -0.2) is 5.48 Å². The van der Waals surface area contributed by atoms with Crippen molar-refractivity contribution in [2.75, 3.05) is 0 Å². The Kier molecular flexibility index (Phi) is 2.66. The number of hydrogen-bond acceptors (Lipinski definition) is 2. The van der Waals surface area contributed by atoms with Gasteiger partial charge in [-0.1, -0.05) is 25.7 Å². The van der Waals surface area contributed by atoms with Gasteiger partial charge in [0.2, 0.25) is 0 Å². The van der Waals surface area contributed by atoms with Gasteiger partial charge in [0.25, 0.3) is 0 Å². The van der Waals surface area contributed by atoms with Crippen LogP contribution in [0.2, 0.25) is 0 Å². The number of hydrogen-bond donors (Lipinski definition) is 2. The van der Waals surface area contributed by atoms with E-state index in [1.807, 2.05) is 0 Å². The van der Waals surface area contributed by atoms with E-state index in [-0.39, 0.29) is 0 Å². The minimum atomic E-state index is 0.393. The van der Waals surface area contributed by atoms with Crippen LogP contribution < -0.4 is 5.48 Å². The van der Waals surface area contributed by atoms with E-state index in [1.165, 1.54) is 44.9 Å². The van der Waals surface area contributed by atoms with Gasteiger partial charge < -0.3 is 5.21 Å². The van der Waals surface area contributed by atoms with Crippen LogP contribution >= 0.6 is 0 Å². The Morgan fingerprint density at radius 2 is 1.67 bits per heavy atom. The first-order valence-corrected chi connectivity index (χ1v) is 5.30. The SMILES string of the molecule is ONC1CC[C@H]2CCCC[C@@H]2C1. The minimum Gasteiger partial charge on any atom is -0.317 e. The highest BCUT2D eigenvalue weighted by atomic mass is 16.5. The molecule has 0 aromatic rings.